The molecule has 0 saturated carbocycles. The number of rotatable bonds is 4. The van der Waals surface area contributed by atoms with Gasteiger partial charge in [-0.2, -0.15) is 0 Å². The highest BCUT2D eigenvalue weighted by atomic mass is 35.5. The molecule has 0 aliphatic rings. The molecule has 1 aromatic heterocycles. The molecule has 0 aliphatic heterocycles. The number of ether oxygens (including phenoxy) is 1. The van der Waals surface area contributed by atoms with E-state index >= 15 is 0 Å². The maximum absolute atomic E-state index is 12.8. The molecule has 134 valence electrons. The van der Waals surface area contributed by atoms with E-state index in [-0.39, 0.29) is 5.97 Å². The average Bonchev–Trinajstić information content (AvgIpc) is 2.60. The Morgan fingerprint density at radius 3 is 2.46 bits per heavy atom. The number of hydrogen-bond donors (Lipinski definition) is 0. The molecule has 0 fully saturated rings. The minimum absolute atomic E-state index is 0.294. The highest BCUT2D eigenvalue weighted by molar-refractivity contribution is 6.30. The number of aromatic nitrogens is 1. The van der Waals surface area contributed by atoms with Crippen molar-refractivity contribution < 1.29 is 9.53 Å². The predicted molar refractivity (Wildman–Crippen MR) is 107 cm³/mol. The number of esters is 1. The van der Waals surface area contributed by atoms with E-state index in [1.54, 1.807) is 0 Å². The second-order valence-corrected chi connectivity index (χ2v) is 7.02. The molecule has 0 spiro atoms. The molecule has 0 bridgehead atoms. The van der Waals surface area contributed by atoms with Crippen LogP contribution in [0.5, 0.6) is 0 Å². The van der Waals surface area contributed by atoms with Gasteiger partial charge in [0.2, 0.25) is 0 Å². The van der Waals surface area contributed by atoms with Crippen LogP contribution in [0.1, 0.15) is 40.4 Å². The first-order valence-electron chi connectivity index (χ1n) is 8.77. The lowest BCUT2D eigenvalue weighted by Crippen LogP contribution is -2.11. The maximum atomic E-state index is 12.8. The fourth-order valence-electron chi connectivity index (χ4n) is 3.23. The van der Waals surface area contributed by atoms with Crippen LogP contribution in [0.2, 0.25) is 5.02 Å². The van der Waals surface area contributed by atoms with Gasteiger partial charge in [-0.25, -0.2) is 9.78 Å². The Morgan fingerprint density at radius 2 is 1.81 bits per heavy atom. The number of fused-ring (bicyclic) bond motifs is 1. The molecule has 3 nitrogen and oxygen atoms in total. The van der Waals surface area contributed by atoms with Crippen molar-refractivity contribution in [1.82, 2.24) is 4.98 Å². The SMILES string of the molecule is CCCOC(=O)c1c(C)c(-c2ccc(Cl)cc2)nc2c(C)cc(C)cc12. The van der Waals surface area contributed by atoms with Gasteiger partial charge in [-0.05, 0) is 56.5 Å². The molecule has 0 unspecified atom stereocenters. The van der Waals surface area contributed by atoms with Gasteiger partial charge in [0.05, 0.1) is 23.4 Å². The monoisotopic (exact) mass is 367 g/mol. The van der Waals surface area contributed by atoms with Crippen LogP contribution in [-0.4, -0.2) is 17.6 Å². The molecule has 2 aromatic carbocycles. The lowest BCUT2D eigenvalue weighted by Gasteiger charge is -2.16. The lowest BCUT2D eigenvalue weighted by molar-refractivity contribution is 0.0506. The second kappa shape index (κ2) is 7.46. The van der Waals surface area contributed by atoms with Gasteiger partial charge >= 0.3 is 5.97 Å². The third-order valence-corrected chi connectivity index (χ3v) is 4.68. The van der Waals surface area contributed by atoms with Crippen molar-refractivity contribution in [1.29, 1.82) is 0 Å². The number of benzene rings is 2. The molecule has 4 heteroatoms. The number of carbonyl (C=O) groups is 1. The minimum Gasteiger partial charge on any atom is -0.462 e. The summed E-state index contributed by atoms with van der Waals surface area (Å²) in [5.74, 6) is -0.294. The van der Waals surface area contributed by atoms with Crippen LogP contribution in [0.4, 0.5) is 0 Å². The number of carbonyl (C=O) groups excluding carboxylic acids is 1. The predicted octanol–water partition coefficient (Wildman–Crippen LogP) is 6.05. The minimum atomic E-state index is -0.294. The quantitative estimate of drug-likeness (QED) is 0.527. The summed E-state index contributed by atoms with van der Waals surface area (Å²) < 4.78 is 5.47. The van der Waals surface area contributed by atoms with Gasteiger partial charge in [0.25, 0.3) is 0 Å². The van der Waals surface area contributed by atoms with Crippen LogP contribution in [-0.2, 0) is 4.74 Å². The summed E-state index contributed by atoms with van der Waals surface area (Å²) in [5, 5.41) is 1.51. The van der Waals surface area contributed by atoms with E-state index in [0.29, 0.717) is 17.2 Å². The van der Waals surface area contributed by atoms with Crippen molar-refractivity contribution in [3.63, 3.8) is 0 Å². The van der Waals surface area contributed by atoms with Crippen molar-refractivity contribution in [2.45, 2.75) is 34.1 Å². The number of aryl methyl sites for hydroxylation is 2. The second-order valence-electron chi connectivity index (χ2n) is 6.58. The van der Waals surface area contributed by atoms with E-state index in [1.807, 2.05) is 58.0 Å². The van der Waals surface area contributed by atoms with Crippen LogP contribution in [0, 0.1) is 20.8 Å². The average molecular weight is 368 g/mol. The van der Waals surface area contributed by atoms with Gasteiger partial charge < -0.3 is 4.74 Å². The lowest BCUT2D eigenvalue weighted by atomic mass is 9.95. The zero-order valence-corrected chi connectivity index (χ0v) is 16.3. The first kappa shape index (κ1) is 18.4. The van der Waals surface area contributed by atoms with Crippen LogP contribution in [0.3, 0.4) is 0 Å². The fourth-order valence-corrected chi connectivity index (χ4v) is 3.36. The Hall–Kier alpha value is -2.39. The van der Waals surface area contributed by atoms with E-state index in [9.17, 15) is 4.79 Å². The Bertz CT molecular complexity index is 978. The van der Waals surface area contributed by atoms with E-state index < -0.39 is 0 Å². The van der Waals surface area contributed by atoms with Crippen LogP contribution < -0.4 is 0 Å². The molecule has 26 heavy (non-hydrogen) atoms. The Kier molecular flexibility index (Phi) is 5.28. The number of pyridine rings is 1. The molecule has 0 N–H and O–H groups in total. The van der Waals surface area contributed by atoms with Crippen molar-refractivity contribution in [3.8, 4) is 11.3 Å². The van der Waals surface area contributed by atoms with Crippen LogP contribution in [0.25, 0.3) is 22.2 Å². The Balaban J connectivity index is 2.32. The van der Waals surface area contributed by atoms with Gasteiger partial charge in [-0.15, -0.1) is 0 Å². The molecular weight excluding hydrogens is 346 g/mol. The zero-order valence-electron chi connectivity index (χ0n) is 15.5. The molecule has 1 heterocycles. The topological polar surface area (TPSA) is 39.2 Å². The largest absolute Gasteiger partial charge is 0.462 e. The number of hydrogen-bond acceptors (Lipinski definition) is 3. The molecule has 0 saturated heterocycles. The maximum Gasteiger partial charge on any atom is 0.339 e. The zero-order chi connectivity index (χ0) is 18.8. The summed E-state index contributed by atoms with van der Waals surface area (Å²) in [5.41, 5.74) is 6.10. The summed E-state index contributed by atoms with van der Waals surface area (Å²) in [6.45, 7) is 8.36. The van der Waals surface area contributed by atoms with Gasteiger partial charge in [-0.3, -0.25) is 0 Å². The summed E-state index contributed by atoms with van der Waals surface area (Å²) in [4.78, 5) is 17.7. The molecule has 0 amide bonds. The normalized spacial score (nSPS) is 11.0. The number of halogens is 1. The molecular formula is C22H22ClNO2. The van der Waals surface area contributed by atoms with Crippen molar-refractivity contribution in [3.05, 3.63) is 63.7 Å². The molecule has 0 aliphatic carbocycles. The van der Waals surface area contributed by atoms with E-state index in [4.69, 9.17) is 21.3 Å². The first-order chi connectivity index (χ1) is 12.4. The van der Waals surface area contributed by atoms with Gasteiger partial charge in [0.1, 0.15) is 0 Å². The van der Waals surface area contributed by atoms with Crippen molar-refractivity contribution in [2.24, 2.45) is 0 Å². The standard InChI is InChI=1S/C22H22ClNO2/c1-5-10-26-22(25)19-15(4)21(16-6-8-17(23)9-7-16)24-20-14(3)11-13(2)12-18(19)20/h6-9,11-12H,5,10H2,1-4H3. The van der Waals surface area contributed by atoms with Gasteiger partial charge in [0, 0.05) is 16.0 Å². The van der Waals surface area contributed by atoms with Gasteiger partial charge in [-0.1, -0.05) is 42.3 Å². The summed E-state index contributed by atoms with van der Waals surface area (Å²) in [6, 6.07) is 11.6. The Morgan fingerprint density at radius 1 is 1.12 bits per heavy atom. The van der Waals surface area contributed by atoms with Crippen molar-refractivity contribution in [2.75, 3.05) is 6.61 Å². The molecule has 0 atom stereocenters. The van der Waals surface area contributed by atoms with Crippen LogP contribution in [0.15, 0.2) is 36.4 Å². The molecule has 0 radical (unpaired) electrons. The Labute approximate surface area is 159 Å². The van der Waals surface area contributed by atoms with Gasteiger partial charge in [0.15, 0.2) is 0 Å². The summed E-state index contributed by atoms with van der Waals surface area (Å²) in [7, 11) is 0. The molecule has 3 aromatic rings. The summed E-state index contributed by atoms with van der Waals surface area (Å²) in [6.07, 6.45) is 0.788. The van der Waals surface area contributed by atoms with Crippen LogP contribution >= 0.6 is 11.6 Å². The fraction of sp³-hybridized carbons (Fsp3) is 0.273. The third kappa shape index (κ3) is 3.45. The van der Waals surface area contributed by atoms with E-state index in [0.717, 1.165) is 45.3 Å². The van der Waals surface area contributed by atoms with E-state index in [1.165, 1.54) is 0 Å². The molecule has 3 rings (SSSR count). The highest BCUT2D eigenvalue weighted by Crippen LogP contribution is 2.32. The van der Waals surface area contributed by atoms with E-state index in [2.05, 4.69) is 6.07 Å². The van der Waals surface area contributed by atoms with Crippen molar-refractivity contribution >= 4 is 28.5 Å². The summed E-state index contributed by atoms with van der Waals surface area (Å²) >= 11 is 6.02. The first-order valence-corrected chi connectivity index (χ1v) is 9.14. The highest BCUT2D eigenvalue weighted by Gasteiger charge is 2.21. The smallest absolute Gasteiger partial charge is 0.339 e. The third-order valence-electron chi connectivity index (χ3n) is 4.43. The number of nitrogens with zero attached hydrogens (tertiary/aromatic N) is 1.